The SMILES string of the molecule is CCC(CC)(CN)Nc1ccc(C#N)c(C(F)(F)F)c1. The summed E-state index contributed by atoms with van der Waals surface area (Å²) in [6.45, 7) is 4.18. The summed E-state index contributed by atoms with van der Waals surface area (Å²) in [7, 11) is 0. The Hall–Kier alpha value is -1.74. The van der Waals surface area contributed by atoms with Gasteiger partial charge in [0.1, 0.15) is 0 Å². The molecule has 1 rings (SSSR count). The highest BCUT2D eigenvalue weighted by Crippen LogP contribution is 2.34. The molecule has 0 aliphatic rings. The topological polar surface area (TPSA) is 61.8 Å². The van der Waals surface area contributed by atoms with Gasteiger partial charge in [-0.3, -0.25) is 0 Å². The summed E-state index contributed by atoms with van der Waals surface area (Å²) in [6.07, 6.45) is -3.16. The van der Waals surface area contributed by atoms with Crippen LogP contribution in [-0.2, 0) is 6.18 Å². The molecule has 0 unspecified atom stereocenters. The van der Waals surface area contributed by atoms with Crippen LogP contribution < -0.4 is 11.1 Å². The fraction of sp³-hybridized carbons (Fsp3) is 0.500. The van der Waals surface area contributed by atoms with Gasteiger partial charge in [-0.25, -0.2) is 0 Å². The summed E-state index contributed by atoms with van der Waals surface area (Å²) >= 11 is 0. The zero-order valence-corrected chi connectivity index (χ0v) is 11.5. The van der Waals surface area contributed by atoms with E-state index in [-0.39, 0.29) is 5.56 Å². The van der Waals surface area contributed by atoms with Crippen molar-refractivity contribution in [1.82, 2.24) is 0 Å². The number of nitriles is 1. The molecule has 0 radical (unpaired) electrons. The van der Waals surface area contributed by atoms with Gasteiger partial charge in [-0.2, -0.15) is 18.4 Å². The molecule has 3 N–H and O–H groups in total. The molecule has 0 spiro atoms. The van der Waals surface area contributed by atoms with E-state index in [0.29, 0.717) is 25.1 Å². The number of anilines is 1. The maximum atomic E-state index is 12.9. The van der Waals surface area contributed by atoms with Crippen LogP contribution in [0.25, 0.3) is 0 Å². The first-order valence-electron chi connectivity index (χ1n) is 6.41. The lowest BCUT2D eigenvalue weighted by Gasteiger charge is -2.33. The van der Waals surface area contributed by atoms with E-state index in [1.807, 2.05) is 13.8 Å². The standard InChI is InChI=1S/C14H18F3N3/c1-3-13(4-2,9-19)20-11-6-5-10(8-18)12(7-11)14(15,16)17/h5-7,20H,3-4,9,19H2,1-2H3. The van der Waals surface area contributed by atoms with Crippen LogP contribution in [0.4, 0.5) is 18.9 Å². The van der Waals surface area contributed by atoms with Crippen LogP contribution in [0.5, 0.6) is 0 Å². The molecular formula is C14H18F3N3. The molecule has 0 saturated carbocycles. The molecule has 0 heterocycles. The zero-order valence-electron chi connectivity index (χ0n) is 11.5. The number of hydrogen-bond acceptors (Lipinski definition) is 3. The van der Waals surface area contributed by atoms with Gasteiger partial charge in [0.25, 0.3) is 0 Å². The van der Waals surface area contributed by atoms with Crippen molar-refractivity contribution in [3.63, 3.8) is 0 Å². The monoisotopic (exact) mass is 285 g/mol. The zero-order chi connectivity index (χ0) is 15.4. The molecular weight excluding hydrogens is 267 g/mol. The van der Waals surface area contributed by atoms with Gasteiger partial charge < -0.3 is 11.1 Å². The average Bonchev–Trinajstić information content (AvgIpc) is 2.44. The third-order valence-electron chi connectivity index (χ3n) is 3.60. The van der Waals surface area contributed by atoms with Crippen LogP contribution in [0, 0.1) is 11.3 Å². The van der Waals surface area contributed by atoms with E-state index in [1.165, 1.54) is 12.1 Å². The van der Waals surface area contributed by atoms with Crippen molar-refractivity contribution in [2.24, 2.45) is 5.73 Å². The second-order valence-corrected chi connectivity index (χ2v) is 4.69. The minimum absolute atomic E-state index is 0.321. The average molecular weight is 285 g/mol. The molecule has 0 fully saturated rings. The minimum atomic E-state index is -4.55. The number of benzene rings is 1. The fourth-order valence-electron chi connectivity index (χ4n) is 2.03. The van der Waals surface area contributed by atoms with Gasteiger partial charge in [0.05, 0.1) is 17.2 Å². The lowest BCUT2D eigenvalue weighted by molar-refractivity contribution is -0.137. The number of nitrogens with one attached hydrogen (secondary N) is 1. The molecule has 6 heteroatoms. The molecule has 1 aromatic rings. The van der Waals surface area contributed by atoms with Crippen molar-refractivity contribution in [2.45, 2.75) is 38.4 Å². The van der Waals surface area contributed by atoms with Gasteiger partial charge in [0.15, 0.2) is 0 Å². The van der Waals surface area contributed by atoms with E-state index in [0.717, 1.165) is 6.07 Å². The Morgan fingerprint density at radius 1 is 1.25 bits per heavy atom. The Kier molecular flexibility index (Phi) is 5.01. The molecule has 1 aromatic carbocycles. The first-order valence-corrected chi connectivity index (χ1v) is 6.41. The summed E-state index contributed by atoms with van der Waals surface area (Å²) in [6, 6.07) is 5.18. The number of alkyl halides is 3. The van der Waals surface area contributed by atoms with Gasteiger partial charge in [0.2, 0.25) is 0 Å². The number of halogens is 3. The predicted octanol–water partition coefficient (Wildman–Crippen LogP) is 3.51. The van der Waals surface area contributed by atoms with Crippen LogP contribution in [-0.4, -0.2) is 12.1 Å². The normalized spacial score (nSPS) is 12.1. The summed E-state index contributed by atoms with van der Waals surface area (Å²) < 4.78 is 38.7. The number of nitrogens with two attached hydrogens (primary N) is 1. The Morgan fingerprint density at radius 3 is 2.25 bits per heavy atom. The van der Waals surface area contributed by atoms with Crippen molar-refractivity contribution in [2.75, 3.05) is 11.9 Å². The maximum absolute atomic E-state index is 12.9. The van der Waals surface area contributed by atoms with Gasteiger partial charge in [-0.05, 0) is 31.0 Å². The molecule has 0 bridgehead atoms. The van der Waals surface area contributed by atoms with Crippen molar-refractivity contribution in [1.29, 1.82) is 5.26 Å². The fourth-order valence-corrected chi connectivity index (χ4v) is 2.03. The maximum Gasteiger partial charge on any atom is 0.417 e. The van der Waals surface area contributed by atoms with Gasteiger partial charge >= 0.3 is 6.18 Å². The van der Waals surface area contributed by atoms with E-state index in [9.17, 15) is 13.2 Å². The number of rotatable bonds is 5. The minimum Gasteiger partial charge on any atom is -0.378 e. The lowest BCUT2D eigenvalue weighted by Crippen LogP contribution is -2.44. The lowest BCUT2D eigenvalue weighted by atomic mass is 9.92. The van der Waals surface area contributed by atoms with Crippen LogP contribution in [0.3, 0.4) is 0 Å². The highest BCUT2D eigenvalue weighted by molar-refractivity contribution is 5.54. The van der Waals surface area contributed by atoms with Crippen LogP contribution >= 0.6 is 0 Å². The van der Waals surface area contributed by atoms with Crippen molar-refractivity contribution in [3.05, 3.63) is 29.3 Å². The van der Waals surface area contributed by atoms with E-state index in [4.69, 9.17) is 11.0 Å². The summed E-state index contributed by atoms with van der Waals surface area (Å²) in [4.78, 5) is 0. The molecule has 0 atom stereocenters. The van der Waals surface area contributed by atoms with Crippen molar-refractivity contribution < 1.29 is 13.2 Å². The molecule has 0 aliphatic carbocycles. The van der Waals surface area contributed by atoms with Gasteiger partial charge in [-0.1, -0.05) is 13.8 Å². The Morgan fingerprint density at radius 2 is 1.85 bits per heavy atom. The van der Waals surface area contributed by atoms with E-state index in [1.54, 1.807) is 6.07 Å². The molecule has 20 heavy (non-hydrogen) atoms. The predicted molar refractivity (Wildman–Crippen MR) is 72.1 cm³/mol. The first-order chi connectivity index (χ1) is 9.31. The van der Waals surface area contributed by atoms with Gasteiger partial charge in [0, 0.05) is 17.8 Å². The molecule has 0 saturated heterocycles. The van der Waals surface area contributed by atoms with Crippen LogP contribution in [0.1, 0.15) is 37.8 Å². The molecule has 110 valence electrons. The Bertz CT molecular complexity index is 491. The van der Waals surface area contributed by atoms with Crippen LogP contribution in [0.15, 0.2) is 18.2 Å². The molecule has 3 nitrogen and oxygen atoms in total. The highest BCUT2D eigenvalue weighted by Gasteiger charge is 2.34. The Labute approximate surface area is 116 Å². The van der Waals surface area contributed by atoms with E-state index < -0.39 is 17.3 Å². The molecule has 0 aromatic heterocycles. The van der Waals surface area contributed by atoms with E-state index in [2.05, 4.69) is 5.32 Å². The van der Waals surface area contributed by atoms with Gasteiger partial charge in [-0.15, -0.1) is 0 Å². The molecule has 0 amide bonds. The summed E-state index contributed by atoms with van der Waals surface area (Å²) in [5.41, 5.74) is 4.30. The second kappa shape index (κ2) is 6.14. The number of hydrogen-bond donors (Lipinski definition) is 2. The third kappa shape index (κ3) is 3.42. The third-order valence-corrected chi connectivity index (χ3v) is 3.60. The first kappa shape index (κ1) is 16.3. The Balaban J connectivity index is 3.20. The largest absolute Gasteiger partial charge is 0.417 e. The smallest absolute Gasteiger partial charge is 0.378 e. The highest BCUT2D eigenvalue weighted by atomic mass is 19.4. The second-order valence-electron chi connectivity index (χ2n) is 4.69. The number of nitrogens with zero attached hydrogens (tertiary/aromatic N) is 1. The van der Waals surface area contributed by atoms with Crippen molar-refractivity contribution in [3.8, 4) is 6.07 Å². The van der Waals surface area contributed by atoms with E-state index >= 15 is 0 Å². The molecule has 0 aliphatic heterocycles. The van der Waals surface area contributed by atoms with Crippen LogP contribution in [0.2, 0.25) is 0 Å². The summed E-state index contributed by atoms with van der Waals surface area (Å²) in [5.74, 6) is 0. The quantitative estimate of drug-likeness (QED) is 0.870. The summed E-state index contributed by atoms with van der Waals surface area (Å²) in [5, 5.41) is 11.8. The van der Waals surface area contributed by atoms with Crippen molar-refractivity contribution >= 4 is 5.69 Å².